The summed E-state index contributed by atoms with van der Waals surface area (Å²) in [5, 5.41) is 4.14. The number of nitrogens with two attached hydrogens (primary N) is 1. The third kappa shape index (κ3) is 2.15. The number of hydrogen-bond donors (Lipinski definition) is 1. The number of nitrogens with zero attached hydrogens (tertiary/aromatic N) is 2. The van der Waals surface area contributed by atoms with E-state index in [0.29, 0.717) is 6.54 Å². The quantitative estimate of drug-likeness (QED) is 0.684. The van der Waals surface area contributed by atoms with Crippen LogP contribution in [0.3, 0.4) is 0 Å². The molecule has 0 aliphatic carbocycles. The second-order valence-electron chi connectivity index (χ2n) is 3.95. The van der Waals surface area contributed by atoms with Crippen molar-refractivity contribution in [3.05, 3.63) is 28.2 Å². The molecule has 0 spiro atoms. The number of aromatic nitrogens is 2. The molecule has 1 heterocycles. The van der Waals surface area contributed by atoms with Crippen molar-refractivity contribution in [3.8, 4) is 0 Å². The van der Waals surface area contributed by atoms with Crippen LogP contribution in [0.15, 0.2) is 16.9 Å². The van der Waals surface area contributed by atoms with E-state index in [4.69, 9.17) is 5.73 Å². The van der Waals surface area contributed by atoms with Crippen LogP contribution < -0.4 is 11.3 Å². The lowest BCUT2D eigenvalue weighted by atomic mass is 10.1. The highest BCUT2D eigenvalue weighted by atomic mass is 16.1. The van der Waals surface area contributed by atoms with E-state index in [-0.39, 0.29) is 11.1 Å². The topological polar surface area (TPSA) is 60.9 Å². The van der Waals surface area contributed by atoms with Crippen molar-refractivity contribution >= 4 is 0 Å². The molecule has 13 heavy (non-hydrogen) atoms. The van der Waals surface area contributed by atoms with Gasteiger partial charge in [-0.15, -0.1) is 0 Å². The molecule has 0 aliphatic heterocycles. The molecule has 0 unspecified atom stereocenters. The Labute approximate surface area is 77.4 Å². The Morgan fingerprint density at radius 1 is 1.46 bits per heavy atom. The van der Waals surface area contributed by atoms with Crippen molar-refractivity contribution in [2.45, 2.75) is 32.9 Å². The predicted octanol–water partition coefficient (Wildman–Crippen LogP) is 0.457. The van der Waals surface area contributed by atoms with Crippen LogP contribution in [0.25, 0.3) is 0 Å². The van der Waals surface area contributed by atoms with Crippen LogP contribution >= 0.6 is 0 Å². The van der Waals surface area contributed by atoms with Crippen LogP contribution in [0.5, 0.6) is 0 Å². The Bertz CT molecular complexity index is 349. The standard InChI is InChI=1S/C9H15N3O/c1-9(2,3)12-8(13)5-4-7(6-10)11-12/h4-5H,6,10H2,1-3H3. The Morgan fingerprint density at radius 2 is 2.08 bits per heavy atom. The molecule has 0 radical (unpaired) electrons. The highest BCUT2D eigenvalue weighted by molar-refractivity contribution is 5.00. The van der Waals surface area contributed by atoms with Gasteiger partial charge in [0.2, 0.25) is 0 Å². The molecule has 0 fully saturated rings. The Balaban J connectivity index is 3.28. The molecule has 1 aromatic heterocycles. The van der Waals surface area contributed by atoms with Crippen LogP contribution in [-0.4, -0.2) is 9.78 Å². The Kier molecular flexibility index (Phi) is 2.52. The van der Waals surface area contributed by atoms with Gasteiger partial charge < -0.3 is 5.73 Å². The zero-order chi connectivity index (χ0) is 10.1. The molecule has 0 saturated heterocycles. The van der Waals surface area contributed by atoms with Gasteiger partial charge in [-0.1, -0.05) is 0 Å². The first kappa shape index (κ1) is 9.92. The first-order valence-electron chi connectivity index (χ1n) is 4.25. The summed E-state index contributed by atoms with van der Waals surface area (Å²) in [4.78, 5) is 11.4. The summed E-state index contributed by atoms with van der Waals surface area (Å²) in [7, 11) is 0. The van der Waals surface area contributed by atoms with Crippen LogP contribution in [0.1, 0.15) is 26.5 Å². The van der Waals surface area contributed by atoms with Crippen molar-refractivity contribution in [1.82, 2.24) is 9.78 Å². The van der Waals surface area contributed by atoms with Gasteiger partial charge in [0.15, 0.2) is 0 Å². The van der Waals surface area contributed by atoms with Gasteiger partial charge in [-0.2, -0.15) is 5.10 Å². The molecular formula is C9H15N3O. The number of rotatable bonds is 1. The molecule has 0 aliphatic rings. The van der Waals surface area contributed by atoms with E-state index in [1.54, 1.807) is 6.07 Å². The van der Waals surface area contributed by atoms with Gasteiger partial charge in [-0.3, -0.25) is 4.79 Å². The highest BCUT2D eigenvalue weighted by Crippen LogP contribution is 2.08. The molecule has 0 bridgehead atoms. The van der Waals surface area contributed by atoms with Gasteiger partial charge >= 0.3 is 0 Å². The van der Waals surface area contributed by atoms with Gasteiger partial charge in [-0.25, -0.2) is 4.68 Å². The van der Waals surface area contributed by atoms with Crippen molar-refractivity contribution < 1.29 is 0 Å². The Morgan fingerprint density at radius 3 is 2.54 bits per heavy atom. The fourth-order valence-electron chi connectivity index (χ4n) is 1.04. The molecule has 0 atom stereocenters. The zero-order valence-electron chi connectivity index (χ0n) is 8.24. The maximum Gasteiger partial charge on any atom is 0.267 e. The van der Waals surface area contributed by atoms with Crippen molar-refractivity contribution in [1.29, 1.82) is 0 Å². The van der Waals surface area contributed by atoms with Gasteiger partial charge in [0.05, 0.1) is 11.2 Å². The predicted molar refractivity (Wildman–Crippen MR) is 51.4 cm³/mol. The lowest BCUT2D eigenvalue weighted by Gasteiger charge is -2.20. The normalized spacial score (nSPS) is 11.7. The smallest absolute Gasteiger partial charge is 0.267 e. The first-order valence-corrected chi connectivity index (χ1v) is 4.25. The fraction of sp³-hybridized carbons (Fsp3) is 0.556. The van der Waals surface area contributed by atoms with Gasteiger partial charge in [0.1, 0.15) is 0 Å². The summed E-state index contributed by atoms with van der Waals surface area (Å²) in [6.07, 6.45) is 0. The minimum atomic E-state index is -0.289. The van der Waals surface area contributed by atoms with Crippen LogP contribution in [0.2, 0.25) is 0 Å². The average Bonchev–Trinajstić information content (AvgIpc) is 2.03. The number of hydrogen-bond acceptors (Lipinski definition) is 3. The average molecular weight is 181 g/mol. The fourth-order valence-corrected chi connectivity index (χ4v) is 1.04. The maximum absolute atomic E-state index is 11.4. The monoisotopic (exact) mass is 181 g/mol. The lowest BCUT2D eigenvalue weighted by Crippen LogP contribution is -2.36. The summed E-state index contributed by atoms with van der Waals surface area (Å²) in [5.41, 5.74) is 5.78. The van der Waals surface area contributed by atoms with E-state index in [2.05, 4.69) is 5.10 Å². The SMILES string of the molecule is CC(C)(C)n1nc(CN)ccc1=O. The third-order valence-electron chi connectivity index (χ3n) is 1.70. The maximum atomic E-state index is 11.4. The molecule has 72 valence electrons. The zero-order valence-corrected chi connectivity index (χ0v) is 8.24. The summed E-state index contributed by atoms with van der Waals surface area (Å²) >= 11 is 0. The molecule has 4 nitrogen and oxygen atoms in total. The van der Waals surface area contributed by atoms with Gasteiger partial charge in [0.25, 0.3) is 5.56 Å². The molecule has 1 aromatic rings. The van der Waals surface area contributed by atoms with E-state index >= 15 is 0 Å². The molecule has 2 N–H and O–H groups in total. The van der Waals surface area contributed by atoms with E-state index in [1.165, 1.54) is 10.7 Å². The summed E-state index contributed by atoms with van der Waals surface area (Å²) in [5.74, 6) is 0. The Hall–Kier alpha value is -1.16. The molecule has 0 saturated carbocycles. The van der Waals surface area contributed by atoms with Crippen molar-refractivity contribution in [2.75, 3.05) is 0 Å². The minimum Gasteiger partial charge on any atom is -0.325 e. The second-order valence-corrected chi connectivity index (χ2v) is 3.95. The first-order chi connectivity index (χ1) is 5.95. The van der Waals surface area contributed by atoms with Crippen LogP contribution in [-0.2, 0) is 12.1 Å². The molecule has 0 aromatic carbocycles. The van der Waals surface area contributed by atoms with Crippen molar-refractivity contribution in [2.24, 2.45) is 5.73 Å². The summed E-state index contributed by atoms with van der Waals surface area (Å²) in [6.45, 7) is 6.15. The summed E-state index contributed by atoms with van der Waals surface area (Å²) < 4.78 is 1.45. The largest absolute Gasteiger partial charge is 0.325 e. The van der Waals surface area contributed by atoms with E-state index in [9.17, 15) is 4.79 Å². The van der Waals surface area contributed by atoms with E-state index in [1.807, 2.05) is 20.8 Å². The minimum absolute atomic E-state index is 0.0929. The van der Waals surface area contributed by atoms with Crippen LogP contribution in [0, 0.1) is 0 Å². The van der Waals surface area contributed by atoms with E-state index < -0.39 is 0 Å². The summed E-state index contributed by atoms with van der Waals surface area (Å²) in [6, 6.07) is 3.16. The second kappa shape index (κ2) is 3.30. The van der Waals surface area contributed by atoms with Crippen LogP contribution in [0.4, 0.5) is 0 Å². The van der Waals surface area contributed by atoms with Gasteiger partial charge in [0, 0.05) is 12.6 Å². The molecule has 1 rings (SSSR count). The van der Waals surface area contributed by atoms with Gasteiger partial charge in [-0.05, 0) is 26.8 Å². The van der Waals surface area contributed by atoms with E-state index in [0.717, 1.165) is 5.69 Å². The molecular weight excluding hydrogens is 166 g/mol. The van der Waals surface area contributed by atoms with Crippen molar-refractivity contribution in [3.63, 3.8) is 0 Å². The highest BCUT2D eigenvalue weighted by Gasteiger charge is 2.15. The molecule has 0 amide bonds. The molecule has 4 heteroatoms. The lowest BCUT2D eigenvalue weighted by molar-refractivity contribution is 0.334. The third-order valence-corrected chi connectivity index (χ3v) is 1.70.